The molecule has 0 spiro atoms. The minimum absolute atomic E-state index is 0.0276. The molecule has 1 aromatic rings. The molecule has 4 atom stereocenters. The largest absolute Gasteiger partial charge is 0.491 e. The Hall–Kier alpha value is -1.44. The van der Waals surface area contributed by atoms with Gasteiger partial charge < -0.3 is 24.8 Å². The average molecular weight is 427 g/mol. The van der Waals surface area contributed by atoms with Crippen molar-refractivity contribution in [3.63, 3.8) is 0 Å². The number of hydrogen-bond donors (Lipinski definition) is 3. The van der Waals surface area contributed by atoms with E-state index in [-0.39, 0.29) is 24.4 Å². The molecule has 1 heterocycles. The van der Waals surface area contributed by atoms with Crippen LogP contribution in [0.15, 0.2) is 36.4 Å². The monoisotopic (exact) mass is 426 g/mol. The van der Waals surface area contributed by atoms with Crippen LogP contribution in [0, 0.1) is 5.92 Å². The molecule has 0 radical (unpaired) electrons. The lowest BCUT2D eigenvalue weighted by Gasteiger charge is -2.21. The first-order valence-electron chi connectivity index (χ1n) is 10.1. The first kappa shape index (κ1) is 23.8. The molecule has 1 aliphatic rings. The maximum absolute atomic E-state index is 11.0. The Morgan fingerprint density at radius 1 is 1.31 bits per heavy atom. The van der Waals surface area contributed by atoms with E-state index in [0.29, 0.717) is 43.1 Å². The van der Waals surface area contributed by atoms with Crippen LogP contribution in [0.2, 0.25) is 5.02 Å². The molecule has 29 heavy (non-hydrogen) atoms. The summed E-state index contributed by atoms with van der Waals surface area (Å²) in [6, 6.07) is 7.05. The van der Waals surface area contributed by atoms with Crippen molar-refractivity contribution in [3.8, 4) is 5.75 Å². The molecule has 0 saturated carbocycles. The van der Waals surface area contributed by atoms with E-state index in [9.17, 15) is 15.0 Å². The van der Waals surface area contributed by atoms with E-state index in [0.717, 1.165) is 12.8 Å². The van der Waals surface area contributed by atoms with E-state index in [1.165, 1.54) is 0 Å². The summed E-state index contributed by atoms with van der Waals surface area (Å²) in [5, 5.41) is 29.7. The Morgan fingerprint density at radius 3 is 2.86 bits per heavy atom. The lowest BCUT2D eigenvalue weighted by atomic mass is 9.90. The van der Waals surface area contributed by atoms with Gasteiger partial charge >= 0.3 is 0 Å². The molecule has 1 aliphatic heterocycles. The fourth-order valence-electron chi connectivity index (χ4n) is 3.43. The third-order valence-corrected chi connectivity index (χ3v) is 5.31. The van der Waals surface area contributed by atoms with Crippen molar-refractivity contribution in [2.75, 3.05) is 19.8 Å². The van der Waals surface area contributed by atoms with Crippen molar-refractivity contribution in [2.24, 2.45) is 5.92 Å². The smallest absolute Gasteiger partial charge is 0.158 e. The number of benzene rings is 1. The molecule has 1 fully saturated rings. The molecule has 0 aliphatic carbocycles. The number of carbonyl (C=O) groups excluding carboxylic acids is 1. The Morgan fingerprint density at radius 2 is 2.10 bits per heavy atom. The number of hydrogen-bond acceptors (Lipinski definition) is 6. The third kappa shape index (κ3) is 8.84. The van der Waals surface area contributed by atoms with Gasteiger partial charge in [-0.05, 0) is 50.3 Å². The summed E-state index contributed by atoms with van der Waals surface area (Å²) in [5.74, 6) is 0.487. The molecule has 1 aromatic carbocycles. The maximum atomic E-state index is 11.0. The van der Waals surface area contributed by atoms with Crippen LogP contribution in [-0.2, 0) is 9.53 Å². The lowest BCUT2D eigenvalue weighted by molar-refractivity contribution is -0.121. The molecular weight excluding hydrogens is 396 g/mol. The molecule has 2 rings (SSSR count). The summed E-state index contributed by atoms with van der Waals surface area (Å²) in [4.78, 5) is 11.0. The number of rotatable bonds is 13. The zero-order valence-electron chi connectivity index (χ0n) is 16.6. The number of aliphatic hydroxyl groups excluding tert-OH is 3. The van der Waals surface area contributed by atoms with Crippen molar-refractivity contribution in [1.29, 1.82) is 0 Å². The average Bonchev–Trinajstić information content (AvgIpc) is 3.06. The molecule has 0 aromatic heterocycles. The standard InChI is InChI=1S/C22H31ClO6/c23-16-6-5-8-19(12-16)28-14-18(26)10-11-22-20(21(27)15-29-22)9-4-2-1-3-7-17(25)13-24/h1-2,5-6,8,12,18,20-22,24,26-27H,3-4,7,9-11,13-15H2/b2-1-/t18-,20+,21+,22-/m1/s1. The molecule has 7 heteroatoms. The summed E-state index contributed by atoms with van der Waals surface area (Å²) in [5.41, 5.74) is 0. The number of allylic oxidation sites excluding steroid dienone is 2. The molecule has 0 unspecified atom stereocenters. The summed E-state index contributed by atoms with van der Waals surface area (Å²) in [7, 11) is 0. The molecule has 0 amide bonds. The Bertz CT molecular complexity index is 650. The van der Waals surface area contributed by atoms with Gasteiger partial charge in [0, 0.05) is 17.4 Å². The van der Waals surface area contributed by atoms with Gasteiger partial charge in [0.15, 0.2) is 5.78 Å². The number of aliphatic hydroxyl groups is 3. The van der Waals surface area contributed by atoms with Crippen LogP contribution in [0.4, 0.5) is 0 Å². The first-order chi connectivity index (χ1) is 14.0. The zero-order chi connectivity index (χ0) is 21.1. The highest BCUT2D eigenvalue weighted by atomic mass is 35.5. The minimum Gasteiger partial charge on any atom is -0.491 e. The molecule has 0 bridgehead atoms. The highest BCUT2D eigenvalue weighted by Gasteiger charge is 2.35. The third-order valence-electron chi connectivity index (χ3n) is 5.08. The van der Waals surface area contributed by atoms with Crippen molar-refractivity contribution < 1.29 is 29.6 Å². The van der Waals surface area contributed by atoms with Crippen LogP contribution in [0.5, 0.6) is 5.75 Å². The first-order valence-corrected chi connectivity index (χ1v) is 10.5. The second-order valence-electron chi connectivity index (χ2n) is 7.39. The second-order valence-corrected chi connectivity index (χ2v) is 7.82. The molecule has 162 valence electrons. The predicted octanol–water partition coefficient (Wildman–Crippen LogP) is 2.91. The van der Waals surface area contributed by atoms with E-state index in [2.05, 4.69) is 0 Å². The van der Waals surface area contributed by atoms with Gasteiger partial charge in [-0.3, -0.25) is 4.79 Å². The van der Waals surface area contributed by atoms with Crippen LogP contribution in [-0.4, -0.2) is 59.2 Å². The van der Waals surface area contributed by atoms with Gasteiger partial charge in [0.25, 0.3) is 0 Å². The quantitative estimate of drug-likeness (QED) is 0.420. The Balaban J connectivity index is 1.67. The van der Waals surface area contributed by atoms with Gasteiger partial charge in [-0.25, -0.2) is 0 Å². The number of Topliss-reactive ketones (excluding diaryl/α,β-unsaturated/α-hetero) is 1. The van der Waals surface area contributed by atoms with E-state index < -0.39 is 18.8 Å². The van der Waals surface area contributed by atoms with Crippen LogP contribution in [0.25, 0.3) is 0 Å². The van der Waals surface area contributed by atoms with Crippen LogP contribution in [0.1, 0.15) is 38.5 Å². The van der Waals surface area contributed by atoms with Gasteiger partial charge in [-0.15, -0.1) is 0 Å². The highest BCUT2D eigenvalue weighted by Crippen LogP contribution is 2.29. The lowest BCUT2D eigenvalue weighted by Crippen LogP contribution is -2.26. The number of ether oxygens (including phenoxy) is 2. The van der Waals surface area contributed by atoms with Crippen LogP contribution in [0.3, 0.4) is 0 Å². The molecular formula is C22H31ClO6. The molecule has 1 saturated heterocycles. The number of carbonyl (C=O) groups is 1. The van der Waals surface area contributed by atoms with Crippen molar-refractivity contribution in [3.05, 3.63) is 41.4 Å². The Labute approximate surface area is 177 Å². The topological polar surface area (TPSA) is 96.2 Å². The van der Waals surface area contributed by atoms with E-state index in [1.807, 2.05) is 12.2 Å². The van der Waals surface area contributed by atoms with Gasteiger partial charge in [-0.1, -0.05) is 29.8 Å². The van der Waals surface area contributed by atoms with E-state index in [4.69, 9.17) is 26.2 Å². The highest BCUT2D eigenvalue weighted by molar-refractivity contribution is 6.30. The van der Waals surface area contributed by atoms with Gasteiger partial charge in [0.05, 0.1) is 24.9 Å². The summed E-state index contributed by atoms with van der Waals surface area (Å²) in [6.07, 6.45) is 6.43. The van der Waals surface area contributed by atoms with Crippen LogP contribution < -0.4 is 4.74 Å². The van der Waals surface area contributed by atoms with Gasteiger partial charge in [0.2, 0.25) is 0 Å². The zero-order valence-corrected chi connectivity index (χ0v) is 17.3. The number of halogens is 1. The van der Waals surface area contributed by atoms with E-state index >= 15 is 0 Å². The predicted molar refractivity (Wildman–Crippen MR) is 111 cm³/mol. The van der Waals surface area contributed by atoms with Crippen LogP contribution >= 0.6 is 11.6 Å². The minimum atomic E-state index is -0.625. The number of ketones is 1. The van der Waals surface area contributed by atoms with E-state index in [1.54, 1.807) is 24.3 Å². The van der Waals surface area contributed by atoms with Gasteiger partial charge in [-0.2, -0.15) is 0 Å². The second kappa shape index (κ2) is 13.0. The fourth-order valence-corrected chi connectivity index (χ4v) is 3.61. The fraction of sp³-hybridized carbons (Fsp3) is 0.591. The molecule has 3 N–H and O–H groups in total. The summed E-state index contributed by atoms with van der Waals surface area (Å²) < 4.78 is 11.3. The van der Waals surface area contributed by atoms with Crippen molar-refractivity contribution in [2.45, 2.75) is 56.8 Å². The summed E-state index contributed by atoms with van der Waals surface area (Å²) >= 11 is 5.91. The normalized spacial score (nSPS) is 22.8. The van der Waals surface area contributed by atoms with Crippen molar-refractivity contribution >= 4 is 17.4 Å². The summed E-state index contributed by atoms with van der Waals surface area (Å²) in [6.45, 7) is 0.0891. The molecule has 6 nitrogen and oxygen atoms in total. The maximum Gasteiger partial charge on any atom is 0.158 e. The Kier molecular flexibility index (Phi) is 10.7. The van der Waals surface area contributed by atoms with Gasteiger partial charge in [0.1, 0.15) is 19.0 Å². The van der Waals surface area contributed by atoms with Crippen molar-refractivity contribution in [1.82, 2.24) is 0 Å². The SMILES string of the molecule is O=C(CO)CC/C=C\CC[C@H]1[C@@H](O)CO[C@@H]1CC[C@@H](O)COc1cccc(Cl)c1.